The van der Waals surface area contributed by atoms with E-state index in [0.29, 0.717) is 12.2 Å². The number of nitrogens with one attached hydrogen (secondary N) is 1. The van der Waals surface area contributed by atoms with Crippen LogP contribution in [0.5, 0.6) is 0 Å². The van der Waals surface area contributed by atoms with E-state index in [2.05, 4.69) is 5.32 Å². The van der Waals surface area contributed by atoms with E-state index < -0.39 is 9.05 Å². The van der Waals surface area contributed by atoms with Gasteiger partial charge in [0.25, 0.3) is 15.0 Å². The molecule has 0 saturated heterocycles. The Kier molecular flexibility index (Phi) is 3.18. The number of carbonyl (C=O) groups excluding carboxylic acids is 1. The monoisotopic (exact) mass is 276 g/mol. The van der Waals surface area contributed by atoms with Crippen LogP contribution in [0.2, 0.25) is 0 Å². The predicted molar refractivity (Wildman–Crippen MR) is 63.6 cm³/mol. The normalized spacial score (nSPS) is 15.9. The molecule has 1 N–H and O–H groups in total. The maximum atomic E-state index is 11.8. The molecular formula is C10H13ClN2O3S. The summed E-state index contributed by atoms with van der Waals surface area (Å²) in [5, 5.41) is 2.81. The minimum Gasteiger partial charge on any atom is -0.348 e. The van der Waals surface area contributed by atoms with Crippen LogP contribution in [0.15, 0.2) is 17.2 Å². The molecule has 1 aliphatic carbocycles. The summed E-state index contributed by atoms with van der Waals surface area (Å²) in [6.07, 6.45) is 3.35. The van der Waals surface area contributed by atoms with E-state index in [1.165, 1.54) is 12.3 Å². The van der Waals surface area contributed by atoms with Crippen molar-refractivity contribution in [1.82, 2.24) is 9.88 Å². The van der Waals surface area contributed by atoms with Crippen molar-refractivity contribution >= 4 is 25.6 Å². The first-order valence-corrected chi connectivity index (χ1v) is 7.68. The van der Waals surface area contributed by atoms with Crippen molar-refractivity contribution in [2.75, 3.05) is 0 Å². The van der Waals surface area contributed by atoms with Gasteiger partial charge < -0.3 is 9.88 Å². The third-order valence-corrected chi connectivity index (χ3v) is 3.96. The van der Waals surface area contributed by atoms with Crippen molar-refractivity contribution < 1.29 is 13.2 Å². The lowest BCUT2D eigenvalue weighted by Crippen LogP contribution is -2.27. The molecule has 17 heavy (non-hydrogen) atoms. The Morgan fingerprint density at radius 1 is 1.59 bits per heavy atom. The Hall–Kier alpha value is -1.01. The van der Waals surface area contributed by atoms with E-state index in [0.717, 1.165) is 12.8 Å². The molecule has 1 aromatic rings. The third kappa shape index (κ3) is 2.81. The summed E-state index contributed by atoms with van der Waals surface area (Å²) >= 11 is 0. The van der Waals surface area contributed by atoms with Crippen molar-refractivity contribution in [2.45, 2.75) is 37.2 Å². The van der Waals surface area contributed by atoms with Gasteiger partial charge in [0, 0.05) is 29.5 Å². The number of rotatable bonds is 4. The van der Waals surface area contributed by atoms with E-state index in [1.807, 2.05) is 6.92 Å². The standard InChI is InChI=1S/C10H13ClN2O3S/c1-2-13-6-8(17(11,15)16)5-9(13)10(14)12-7-3-4-7/h5-7H,2-4H2,1H3,(H,12,14). The van der Waals surface area contributed by atoms with Crippen molar-refractivity contribution in [3.8, 4) is 0 Å². The number of aromatic nitrogens is 1. The molecular weight excluding hydrogens is 264 g/mol. The van der Waals surface area contributed by atoms with Gasteiger partial charge in [-0.15, -0.1) is 0 Å². The van der Waals surface area contributed by atoms with Crippen LogP contribution in [0, 0.1) is 0 Å². The van der Waals surface area contributed by atoms with Gasteiger partial charge in [-0.25, -0.2) is 8.42 Å². The van der Waals surface area contributed by atoms with Crippen molar-refractivity contribution in [2.24, 2.45) is 0 Å². The van der Waals surface area contributed by atoms with Crippen LogP contribution in [-0.4, -0.2) is 24.9 Å². The molecule has 0 atom stereocenters. The largest absolute Gasteiger partial charge is 0.348 e. The Bertz CT molecular complexity index is 546. The molecule has 2 rings (SSSR count). The number of hydrogen-bond donors (Lipinski definition) is 1. The Balaban J connectivity index is 2.31. The molecule has 1 aromatic heterocycles. The lowest BCUT2D eigenvalue weighted by molar-refractivity contribution is 0.0942. The highest BCUT2D eigenvalue weighted by atomic mass is 35.7. The molecule has 0 spiro atoms. The van der Waals surface area contributed by atoms with Gasteiger partial charge in [-0.2, -0.15) is 0 Å². The number of hydrogen-bond acceptors (Lipinski definition) is 3. The van der Waals surface area contributed by atoms with Gasteiger partial charge in [0.1, 0.15) is 10.6 Å². The summed E-state index contributed by atoms with van der Waals surface area (Å²) in [6.45, 7) is 2.35. The minimum atomic E-state index is -3.79. The molecule has 0 aliphatic heterocycles. The molecule has 0 bridgehead atoms. The Labute approximate surface area is 104 Å². The van der Waals surface area contributed by atoms with Crippen molar-refractivity contribution in [3.05, 3.63) is 18.0 Å². The maximum absolute atomic E-state index is 11.8. The predicted octanol–water partition coefficient (Wildman–Crippen LogP) is 1.33. The summed E-state index contributed by atoms with van der Waals surface area (Å²) < 4.78 is 24.0. The van der Waals surface area contributed by atoms with Gasteiger partial charge in [-0.1, -0.05) is 0 Å². The number of carbonyl (C=O) groups is 1. The van der Waals surface area contributed by atoms with Crippen LogP contribution in [-0.2, 0) is 15.6 Å². The van der Waals surface area contributed by atoms with Crippen molar-refractivity contribution in [1.29, 1.82) is 0 Å². The number of amides is 1. The topological polar surface area (TPSA) is 68.2 Å². The van der Waals surface area contributed by atoms with Crippen LogP contribution in [0.25, 0.3) is 0 Å². The lowest BCUT2D eigenvalue weighted by Gasteiger charge is -2.05. The summed E-state index contributed by atoms with van der Waals surface area (Å²) in [5.74, 6) is -0.249. The highest BCUT2D eigenvalue weighted by molar-refractivity contribution is 8.13. The zero-order valence-corrected chi connectivity index (χ0v) is 10.9. The molecule has 1 heterocycles. The molecule has 5 nitrogen and oxygen atoms in total. The molecule has 0 radical (unpaired) electrons. The second-order valence-corrected chi connectivity index (χ2v) is 6.60. The van der Waals surface area contributed by atoms with E-state index in [4.69, 9.17) is 10.7 Å². The van der Waals surface area contributed by atoms with Crippen LogP contribution in [0.1, 0.15) is 30.3 Å². The average molecular weight is 277 g/mol. The summed E-state index contributed by atoms with van der Waals surface area (Å²) in [4.78, 5) is 11.8. The lowest BCUT2D eigenvalue weighted by atomic mass is 10.4. The van der Waals surface area contributed by atoms with Gasteiger partial charge in [-0.3, -0.25) is 4.79 Å². The highest BCUT2D eigenvalue weighted by Gasteiger charge is 2.26. The molecule has 0 aromatic carbocycles. The maximum Gasteiger partial charge on any atom is 0.268 e. The fourth-order valence-electron chi connectivity index (χ4n) is 1.56. The van der Waals surface area contributed by atoms with E-state index >= 15 is 0 Å². The second kappa shape index (κ2) is 4.34. The van der Waals surface area contributed by atoms with Gasteiger partial charge in [0.05, 0.1) is 0 Å². The number of halogens is 1. The third-order valence-electron chi connectivity index (χ3n) is 2.64. The van der Waals surface area contributed by atoms with Crippen LogP contribution in [0.4, 0.5) is 0 Å². The smallest absolute Gasteiger partial charge is 0.268 e. The molecule has 1 saturated carbocycles. The Morgan fingerprint density at radius 2 is 2.24 bits per heavy atom. The average Bonchev–Trinajstić information content (AvgIpc) is 2.93. The molecule has 0 unspecified atom stereocenters. The molecule has 94 valence electrons. The number of aryl methyl sites for hydroxylation is 1. The first kappa shape index (κ1) is 12.4. The van der Waals surface area contributed by atoms with E-state index in [9.17, 15) is 13.2 Å². The summed E-state index contributed by atoms with van der Waals surface area (Å²) in [6, 6.07) is 1.54. The van der Waals surface area contributed by atoms with Crippen LogP contribution >= 0.6 is 10.7 Å². The first-order valence-electron chi connectivity index (χ1n) is 5.37. The van der Waals surface area contributed by atoms with E-state index in [-0.39, 0.29) is 16.8 Å². The van der Waals surface area contributed by atoms with E-state index in [1.54, 1.807) is 4.57 Å². The highest BCUT2D eigenvalue weighted by Crippen LogP contribution is 2.22. The fraction of sp³-hybridized carbons (Fsp3) is 0.500. The molecule has 7 heteroatoms. The minimum absolute atomic E-state index is 0.0398. The van der Waals surface area contributed by atoms with Gasteiger partial charge in [0.15, 0.2) is 0 Å². The quantitative estimate of drug-likeness (QED) is 0.844. The summed E-state index contributed by atoms with van der Waals surface area (Å²) in [5.41, 5.74) is 0.332. The number of nitrogens with zero attached hydrogens (tertiary/aromatic N) is 1. The van der Waals surface area contributed by atoms with Gasteiger partial charge in [0.2, 0.25) is 0 Å². The molecule has 1 fully saturated rings. The SMILES string of the molecule is CCn1cc(S(=O)(=O)Cl)cc1C(=O)NC1CC1. The Morgan fingerprint density at radius 3 is 2.71 bits per heavy atom. The molecule has 1 aliphatic rings. The fourth-order valence-corrected chi connectivity index (χ4v) is 2.31. The second-order valence-electron chi connectivity index (χ2n) is 4.03. The summed E-state index contributed by atoms with van der Waals surface area (Å²) in [7, 11) is 1.46. The van der Waals surface area contributed by atoms with Crippen LogP contribution < -0.4 is 5.32 Å². The van der Waals surface area contributed by atoms with Gasteiger partial charge in [-0.05, 0) is 25.8 Å². The first-order chi connectivity index (χ1) is 7.91. The van der Waals surface area contributed by atoms with Crippen LogP contribution in [0.3, 0.4) is 0 Å². The zero-order chi connectivity index (χ0) is 12.6. The van der Waals surface area contributed by atoms with Crippen molar-refractivity contribution in [3.63, 3.8) is 0 Å². The molecule has 1 amide bonds. The van der Waals surface area contributed by atoms with Gasteiger partial charge >= 0.3 is 0 Å². The zero-order valence-electron chi connectivity index (χ0n) is 9.31.